The first-order chi connectivity index (χ1) is 13.2. The third-order valence-electron chi connectivity index (χ3n) is 4.19. The molecule has 6 nitrogen and oxygen atoms in total. The summed E-state index contributed by atoms with van der Waals surface area (Å²) in [4.78, 5) is 16.7. The molecule has 3 rings (SSSR count). The largest absolute Gasteiger partial charge is 0.494 e. The monoisotopic (exact) mass is 365 g/mol. The molecule has 0 fully saturated rings. The van der Waals surface area contributed by atoms with Crippen LogP contribution in [0.4, 0.5) is 0 Å². The van der Waals surface area contributed by atoms with E-state index in [0.717, 1.165) is 36.3 Å². The molecule has 1 aromatic carbocycles. The molecule has 2 heterocycles. The SMILES string of the molecule is CCCCOc1ccc(CNC(=O)c2c(-c3ccncc3)noc2C)cc1. The van der Waals surface area contributed by atoms with E-state index in [4.69, 9.17) is 9.26 Å². The molecule has 0 aliphatic carbocycles. The minimum Gasteiger partial charge on any atom is -0.494 e. The molecule has 3 aromatic rings. The number of rotatable bonds is 8. The average molecular weight is 365 g/mol. The number of nitrogens with one attached hydrogen (secondary N) is 1. The molecule has 0 radical (unpaired) electrons. The van der Waals surface area contributed by atoms with Crippen LogP contribution in [0, 0.1) is 6.92 Å². The van der Waals surface area contributed by atoms with E-state index in [1.165, 1.54) is 0 Å². The standard InChI is InChI=1S/C21H23N3O3/c1-3-4-13-26-18-7-5-16(6-8-18)14-23-21(25)19-15(2)27-24-20(19)17-9-11-22-12-10-17/h5-12H,3-4,13-14H2,1-2H3,(H,23,25). The normalized spacial score (nSPS) is 10.6. The van der Waals surface area contributed by atoms with E-state index < -0.39 is 0 Å². The number of aryl methyl sites for hydroxylation is 1. The van der Waals surface area contributed by atoms with Crippen LogP contribution >= 0.6 is 0 Å². The van der Waals surface area contributed by atoms with Crippen molar-refractivity contribution < 1.29 is 14.1 Å². The van der Waals surface area contributed by atoms with Gasteiger partial charge >= 0.3 is 0 Å². The summed E-state index contributed by atoms with van der Waals surface area (Å²) >= 11 is 0. The van der Waals surface area contributed by atoms with Crippen molar-refractivity contribution in [3.63, 3.8) is 0 Å². The molecule has 0 bridgehead atoms. The lowest BCUT2D eigenvalue weighted by Crippen LogP contribution is -2.23. The van der Waals surface area contributed by atoms with Crippen LogP contribution in [0.1, 0.15) is 41.4 Å². The number of unbranched alkanes of at least 4 members (excludes halogenated alkanes) is 1. The minimum atomic E-state index is -0.219. The number of amides is 1. The van der Waals surface area contributed by atoms with Gasteiger partial charge in [0.2, 0.25) is 0 Å². The van der Waals surface area contributed by atoms with Crippen molar-refractivity contribution in [3.8, 4) is 17.0 Å². The first kappa shape index (κ1) is 18.6. The van der Waals surface area contributed by atoms with Crippen LogP contribution in [0.2, 0.25) is 0 Å². The van der Waals surface area contributed by atoms with Crippen LogP contribution in [-0.2, 0) is 6.54 Å². The topological polar surface area (TPSA) is 77.2 Å². The summed E-state index contributed by atoms with van der Waals surface area (Å²) < 4.78 is 10.9. The fraction of sp³-hybridized carbons (Fsp3) is 0.286. The van der Waals surface area contributed by atoms with Gasteiger partial charge in [0.15, 0.2) is 0 Å². The fourth-order valence-electron chi connectivity index (χ4n) is 2.65. The van der Waals surface area contributed by atoms with Crippen molar-refractivity contribution in [1.82, 2.24) is 15.5 Å². The Morgan fingerprint density at radius 3 is 2.59 bits per heavy atom. The fourth-order valence-corrected chi connectivity index (χ4v) is 2.65. The molecule has 2 aromatic heterocycles. The van der Waals surface area contributed by atoms with Gasteiger partial charge in [-0.15, -0.1) is 0 Å². The van der Waals surface area contributed by atoms with Gasteiger partial charge in [0, 0.05) is 24.5 Å². The van der Waals surface area contributed by atoms with Gasteiger partial charge in [-0.3, -0.25) is 9.78 Å². The van der Waals surface area contributed by atoms with Crippen molar-refractivity contribution >= 4 is 5.91 Å². The number of ether oxygens (including phenoxy) is 1. The third-order valence-corrected chi connectivity index (χ3v) is 4.19. The number of pyridine rings is 1. The Labute approximate surface area is 158 Å². The number of carbonyl (C=O) groups is 1. The van der Waals surface area contributed by atoms with Gasteiger partial charge in [0.1, 0.15) is 22.8 Å². The highest BCUT2D eigenvalue weighted by Gasteiger charge is 2.21. The van der Waals surface area contributed by atoms with Crippen molar-refractivity contribution in [1.29, 1.82) is 0 Å². The smallest absolute Gasteiger partial charge is 0.257 e. The zero-order chi connectivity index (χ0) is 19.1. The number of hydrogen-bond acceptors (Lipinski definition) is 5. The predicted octanol–water partition coefficient (Wildman–Crippen LogP) is 4.15. The molecule has 0 saturated heterocycles. The molecular formula is C21H23N3O3. The van der Waals surface area contributed by atoms with Crippen LogP contribution in [0.15, 0.2) is 53.3 Å². The lowest BCUT2D eigenvalue weighted by atomic mass is 10.1. The zero-order valence-electron chi connectivity index (χ0n) is 15.6. The van der Waals surface area contributed by atoms with E-state index >= 15 is 0 Å². The Morgan fingerprint density at radius 1 is 1.15 bits per heavy atom. The summed E-state index contributed by atoms with van der Waals surface area (Å²) in [6.07, 6.45) is 5.46. The van der Waals surface area contributed by atoms with Gasteiger partial charge in [-0.2, -0.15) is 0 Å². The van der Waals surface area contributed by atoms with Gasteiger partial charge < -0.3 is 14.6 Å². The first-order valence-electron chi connectivity index (χ1n) is 9.05. The number of benzene rings is 1. The molecule has 140 valence electrons. The van der Waals surface area contributed by atoms with E-state index in [0.29, 0.717) is 23.6 Å². The van der Waals surface area contributed by atoms with Crippen LogP contribution in [0.25, 0.3) is 11.3 Å². The van der Waals surface area contributed by atoms with Gasteiger partial charge in [-0.25, -0.2) is 0 Å². The van der Waals surface area contributed by atoms with Crippen molar-refractivity contribution in [2.24, 2.45) is 0 Å². The lowest BCUT2D eigenvalue weighted by Gasteiger charge is -2.08. The minimum absolute atomic E-state index is 0.219. The van der Waals surface area contributed by atoms with Crippen molar-refractivity contribution in [2.45, 2.75) is 33.2 Å². The molecule has 1 amide bonds. The second kappa shape index (κ2) is 8.98. The Balaban J connectivity index is 1.64. The Kier molecular flexibility index (Phi) is 6.20. The first-order valence-corrected chi connectivity index (χ1v) is 9.05. The van der Waals surface area contributed by atoms with E-state index in [-0.39, 0.29) is 5.91 Å². The van der Waals surface area contributed by atoms with E-state index in [1.54, 1.807) is 31.5 Å². The van der Waals surface area contributed by atoms with Crippen LogP contribution in [-0.4, -0.2) is 22.7 Å². The summed E-state index contributed by atoms with van der Waals surface area (Å²) in [5.41, 5.74) is 2.75. The van der Waals surface area contributed by atoms with Crippen molar-refractivity contribution in [2.75, 3.05) is 6.61 Å². The number of hydrogen-bond donors (Lipinski definition) is 1. The van der Waals surface area contributed by atoms with Crippen LogP contribution < -0.4 is 10.1 Å². The van der Waals surface area contributed by atoms with Gasteiger partial charge in [0.25, 0.3) is 5.91 Å². The predicted molar refractivity (Wildman–Crippen MR) is 102 cm³/mol. The quantitative estimate of drug-likeness (QED) is 0.607. The van der Waals surface area contributed by atoms with Gasteiger partial charge in [-0.1, -0.05) is 30.6 Å². The highest BCUT2D eigenvalue weighted by molar-refractivity contribution is 6.00. The zero-order valence-corrected chi connectivity index (χ0v) is 15.6. The maximum absolute atomic E-state index is 12.7. The Bertz CT molecular complexity index is 873. The molecule has 0 saturated carbocycles. The summed E-state index contributed by atoms with van der Waals surface area (Å²) in [5, 5.41) is 6.96. The molecule has 0 unspecified atom stereocenters. The second-order valence-corrected chi connectivity index (χ2v) is 6.23. The summed E-state index contributed by atoms with van der Waals surface area (Å²) in [6, 6.07) is 11.3. The highest BCUT2D eigenvalue weighted by Crippen LogP contribution is 2.24. The summed E-state index contributed by atoms with van der Waals surface area (Å²) in [5.74, 6) is 1.11. The average Bonchev–Trinajstić information content (AvgIpc) is 3.09. The maximum atomic E-state index is 12.7. The Morgan fingerprint density at radius 2 is 1.89 bits per heavy atom. The molecular weight excluding hydrogens is 342 g/mol. The number of carbonyl (C=O) groups excluding carboxylic acids is 1. The van der Waals surface area contributed by atoms with Gasteiger partial charge in [-0.05, 0) is 43.2 Å². The third kappa shape index (κ3) is 4.73. The molecule has 6 heteroatoms. The maximum Gasteiger partial charge on any atom is 0.257 e. The molecule has 0 aliphatic rings. The second-order valence-electron chi connectivity index (χ2n) is 6.23. The van der Waals surface area contributed by atoms with Crippen LogP contribution in [0.5, 0.6) is 5.75 Å². The summed E-state index contributed by atoms with van der Waals surface area (Å²) in [7, 11) is 0. The van der Waals surface area contributed by atoms with Crippen LogP contribution in [0.3, 0.4) is 0 Å². The number of aromatic nitrogens is 2. The van der Waals surface area contributed by atoms with E-state index in [2.05, 4.69) is 22.4 Å². The van der Waals surface area contributed by atoms with Gasteiger partial charge in [0.05, 0.1) is 6.61 Å². The highest BCUT2D eigenvalue weighted by atomic mass is 16.5. The molecule has 0 spiro atoms. The number of nitrogens with zero attached hydrogens (tertiary/aromatic N) is 2. The van der Waals surface area contributed by atoms with Crippen molar-refractivity contribution in [3.05, 3.63) is 65.7 Å². The molecule has 1 N–H and O–H groups in total. The van der Waals surface area contributed by atoms with E-state index in [9.17, 15) is 4.79 Å². The lowest BCUT2D eigenvalue weighted by molar-refractivity contribution is 0.0950. The molecule has 0 atom stereocenters. The molecule has 0 aliphatic heterocycles. The Hall–Kier alpha value is -3.15. The summed E-state index contributed by atoms with van der Waals surface area (Å²) in [6.45, 7) is 4.99. The molecule has 27 heavy (non-hydrogen) atoms. The van der Waals surface area contributed by atoms with E-state index in [1.807, 2.05) is 24.3 Å².